The van der Waals surface area contributed by atoms with Gasteiger partial charge in [0.15, 0.2) is 0 Å². The Bertz CT molecular complexity index is 609. The number of benzene rings is 1. The molecular formula is C20H28N2O3. The predicted octanol–water partition coefficient (Wildman–Crippen LogP) is 2.03. The summed E-state index contributed by atoms with van der Waals surface area (Å²) in [7, 11) is 1.38. The summed E-state index contributed by atoms with van der Waals surface area (Å²) in [5.74, 6) is -0.0762. The second kappa shape index (κ2) is 8.48. The molecule has 0 spiro atoms. The molecule has 1 aromatic rings. The van der Waals surface area contributed by atoms with Gasteiger partial charge in [-0.15, -0.1) is 0 Å². The average Bonchev–Trinajstić information content (AvgIpc) is 2.67. The largest absolute Gasteiger partial charge is 0.469 e. The maximum Gasteiger partial charge on any atom is 0.305 e. The highest BCUT2D eigenvalue weighted by molar-refractivity contribution is 5.77. The minimum atomic E-state index is -0.241. The second-order valence-electron chi connectivity index (χ2n) is 7.01. The lowest BCUT2D eigenvalue weighted by molar-refractivity contribution is -0.141. The van der Waals surface area contributed by atoms with E-state index < -0.39 is 0 Å². The number of carbonyl (C=O) groups excluding carboxylic acids is 2. The van der Waals surface area contributed by atoms with Gasteiger partial charge >= 0.3 is 5.97 Å². The Kier molecular flexibility index (Phi) is 6.08. The van der Waals surface area contributed by atoms with Gasteiger partial charge in [0.1, 0.15) is 0 Å². The van der Waals surface area contributed by atoms with Crippen molar-refractivity contribution < 1.29 is 14.3 Å². The number of aryl methyl sites for hydroxylation is 1. The molecule has 0 bridgehead atoms. The number of rotatable bonds is 5. The maximum atomic E-state index is 12.3. The topological polar surface area (TPSA) is 49.9 Å². The summed E-state index contributed by atoms with van der Waals surface area (Å²) >= 11 is 0. The lowest BCUT2D eigenvalue weighted by atomic mass is 9.87. The first kappa shape index (κ1) is 17.9. The van der Waals surface area contributed by atoms with Crippen LogP contribution >= 0.6 is 0 Å². The zero-order valence-corrected chi connectivity index (χ0v) is 15.1. The van der Waals surface area contributed by atoms with E-state index in [-0.39, 0.29) is 11.9 Å². The smallest absolute Gasteiger partial charge is 0.305 e. The molecule has 1 saturated heterocycles. The Morgan fingerprint density at radius 2 is 1.80 bits per heavy atom. The van der Waals surface area contributed by atoms with Crippen LogP contribution in [0.4, 0.5) is 0 Å². The molecule has 25 heavy (non-hydrogen) atoms. The van der Waals surface area contributed by atoms with Gasteiger partial charge in [-0.25, -0.2) is 0 Å². The fourth-order valence-electron chi connectivity index (χ4n) is 3.97. The molecule has 0 aromatic heterocycles. The van der Waals surface area contributed by atoms with Gasteiger partial charge in [0, 0.05) is 45.1 Å². The van der Waals surface area contributed by atoms with Gasteiger partial charge in [-0.1, -0.05) is 24.3 Å². The Hall–Kier alpha value is -1.88. The molecule has 1 aromatic carbocycles. The fraction of sp³-hybridized carbons (Fsp3) is 0.600. The van der Waals surface area contributed by atoms with E-state index in [4.69, 9.17) is 0 Å². The van der Waals surface area contributed by atoms with E-state index in [9.17, 15) is 9.59 Å². The normalized spacial score (nSPS) is 20.8. The highest BCUT2D eigenvalue weighted by atomic mass is 16.5. The van der Waals surface area contributed by atoms with E-state index in [1.54, 1.807) is 0 Å². The zero-order chi connectivity index (χ0) is 17.6. The number of nitrogens with zero attached hydrogens (tertiary/aromatic N) is 2. The van der Waals surface area contributed by atoms with Crippen molar-refractivity contribution >= 4 is 11.9 Å². The summed E-state index contributed by atoms with van der Waals surface area (Å²) in [6.45, 7) is 3.51. The summed E-state index contributed by atoms with van der Waals surface area (Å²) in [6.07, 6.45) is 4.83. The summed E-state index contributed by atoms with van der Waals surface area (Å²) < 4.78 is 4.61. The Labute approximate surface area is 149 Å². The van der Waals surface area contributed by atoms with Gasteiger partial charge in [-0.3, -0.25) is 14.5 Å². The van der Waals surface area contributed by atoms with Crippen LogP contribution in [-0.2, 0) is 27.2 Å². The van der Waals surface area contributed by atoms with E-state index in [0.29, 0.717) is 25.3 Å². The highest BCUT2D eigenvalue weighted by Crippen LogP contribution is 2.25. The molecule has 5 heteroatoms. The average molecular weight is 344 g/mol. The molecule has 1 heterocycles. The van der Waals surface area contributed by atoms with Gasteiger partial charge in [0.25, 0.3) is 0 Å². The van der Waals surface area contributed by atoms with Crippen LogP contribution in [0.3, 0.4) is 0 Å². The van der Waals surface area contributed by atoms with Crippen molar-refractivity contribution in [3.63, 3.8) is 0 Å². The van der Waals surface area contributed by atoms with Crippen LogP contribution < -0.4 is 0 Å². The van der Waals surface area contributed by atoms with Crippen LogP contribution in [0.1, 0.15) is 36.8 Å². The van der Waals surface area contributed by atoms with E-state index in [1.807, 2.05) is 4.90 Å². The zero-order valence-electron chi connectivity index (χ0n) is 15.1. The van der Waals surface area contributed by atoms with Crippen LogP contribution in [-0.4, -0.2) is 61.0 Å². The van der Waals surface area contributed by atoms with E-state index in [2.05, 4.69) is 33.9 Å². The van der Waals surface area contributed by atoms with Crippen molar-refractivity contribution in [2.75, 3.05) is 33.3 Å². The number of hydrogen-bond donors (Lipinski definition) is 0. The molecule has 136 valence electrons. The molecule has 0 radical (unpaired) electrons. The Morgan fingerprint density at radius 3 is 2.52 bits per heavy atom. The SMILES string of the molecule is COC(=O)CCCC(=O)N1CCN([C@H]2CCc3ccccc3C2)CC1. The number of methoxy groups -OCH3 is 1. The van der Waals surface area contributed by atoms with Crippen LogP contribution in [0.15, 0.2) is 24.3 Å². The number of hydrogen-bond acceptors (Lipinski definition) is 4. The first-order chi connectivity index (χ1) is 12.2. The molecular weight excluding hydrogens is 316 g/mol. The molecule has 1 amide bonds. The molecule has 3 rings (SSSR count). The number of fused-ring (bicyclic) bond motifs is 1. The van der Waals surface area contributed by atoms with Crippen molar-refractivity contribution in [3.8, 4) is 0 Å². The molecule has 1 aliphatic heterocycles. The van der Waals surface area contributed by atoms with Gasteiger partial charge in [0.2, 0.25) is 5.91 Å². The van der Waals surface area contributed by atoms with Crippen LogP contribution in [0.2, 0.25) is 0 Å². The van der Waals surface area contributed by atoms with Gasteiger partial charge in [-0.05, 0) is 36.8 Å². The van der Waals surface area contributed by atoms with Gasteiger partial charge in [0.05, 0.1) is 7.11 Å². The monoisotopic (exact) mass is 344 g/mol. The predicted molar refractivity (Wildman–Crippen MR) is 96.3 cm³/mol. The third kappa shape index (κ3) is 4.60. The molecule has 1 fully saturated rings. The first-order valence-electron chi connectivity index (χ1n) is 9.33. The Morgan fingerprint density at radius 1 is 1.08 bits per heavy atom. The van der Waals surface area contributed by atoms with Crippen molar-refractivity contribution in [2.24, 2.45) is 0 Å². The standard InChI is InChI=1S/C20H28N2O3/c1-25-20(24)8-4-7-19(23)22-13-11-21(12-14-22)18-10-9-16-5-2-3-6-17(16)15-18/h2-3,5-6,18H,4,7-15H2,1H3/t18-/m0/s1. The molecule has 0 unspecified atom stereocenters. The van der Waals surface area contributed by atoms with E-state index >= 15 is 0 Å². The summed E-state index contributed by atoms with van der Waals surface area (Å²) in [5.41, 5.74) is 2.98. The third-order valence-corrected chi connectivity index (χ3v) is 5.50. The maximum absolute atomic E-state index is 12.3. The summed E-state index contributed by atoms with van der Waals surface area (Å²) in [6, 6.07) is 9.36. The minimum absolute atomic E-state index is 0.164. The summed E-state index contributed by atoms with van der Waals surface area (Å²) in [4.78, 5) is 27.9. The molecule has 0 N–H and O–H groups in total. The number of amides is 1. The highest BCUT2D eigenvalue weighted by Gasteiger charge is 2.28. The fourth-order valence-corrected chi connectivity index (χ4v) is 3.97. The lowest BCUT2D eigenvalue weighted by Crippen LogP contribution is -2.53. The van der Waals surface area contributed by atoms with Crippen LogP contribution in [0.5, 0.6) is 0 Å². The molecule has 1 atom stereocenters. The molecule has 0 saturated carbocycles. The third-order valence-electron chi connectivity index (χ3n) is 5.50. The second-order valence-corrected chi connectivity index (χ2v) is 7.01. The van der Waals surface area contributed by atoms with Gasteiger partial charge < -0.3 is 9.64 Å². The molecule has 1 aliphatic carbocycles. The summed E-state index contributed by atoms with van der Waals surface area (Å²) in [5, 5.41) is 0. The lowest BCUT2D eigenvalue weighted by Gasteiger charge is -2.41. The van der Waals surface area contributed by atoms with Crippen molar-refractivity contribution in [2.45, 2.75) is 44.6 Å². The quantitative estimate of drug-likeness (QED) is 0.767. The van der Waals surface area contributed by atoms with Crippen molar-refractivity contribution in [1.82, 2.24) is 9.80 Å². The van der Waals surface area contributed by atoms with E-state index in [0.717, 1.165) is 39.0 Å². The van der Waals surface area contributed by atoms with Crippen LogP contribution in [0, 0.1) is 0 Å². The van der Waals surface area contributed by atoms with Gasteiger partial charge in [-0.2, -0.15) is 0 Å². The van der Waals surface area contributed by atoms with E-state index in [1.165, 1.54) is 24.7 Å². The molecule has 5 nitrogen and oxygen atoms in total. The Balaban J connectivity index is 1.43. The minimum Gasteiger partial charge on any atom is -0.469 e. The number of carbonyl (C=O) groups is 2. The van der Waals surface area contributed by atoms with Crippen LogP contribution in [0.25, 0.3) is 0 Å². The number of esters is 1. The first-order valence-corrected chi connectivity index (χ1v) is 9.33. The number of piperazine rings is 1. The van der Waals surface area contributed by atoms with Crippen molar-refractivity contribution in [3.05, 3.63) is 35.4 Å². The molecule has 2 aliphatic rings. The number of ether oxygens (including phenoxy) is 1. The van der Waals surface area contributed by atoms with Crippen molar-refractivity contribution in [1.29, 1.82) is 0 Å².